The highest BCUT2D eigenvalue weighted by Crippen LogP contribution is 2.27. The molecule has 3 aromatic rings. The Labute approximate surface area is 170 Å². The maximum Gasteiger partial charge on any atom is 0.311 e. The summed E-state index contributed by atoms with van der Waals surface area (Å²) in [5, 5.41) is 2.86. The summed E-state index contributed by atoms with van der Waals surface area (Å²) < 4.78 is 10.5. The van der Waals surface area contributed by atoms with E-state index in [9.17, 15) is 9.59 Å². The standard InChI is InChI=1S/C24H23NO4/c1-17(29-23(26)16-18-9-8-12-20(15-18)28-2)24(27)25-22-14-7-6-13-21(22)19-10-4-3-5-11-19/h3-15,17H,16H2,1-2H3,(H,25,27)/t17-/m0/s1. The summed E-state index contributed by atoms with van der Waals surface area (Å²) in [6, 6.07) is 24.5. The fourth-order valence-corrected chi connectivity index (χ4v) is 2.94. The topological polar surface area (TPSA) is 64.6 Å². The lowest BCUT2D eigenvalue weighted by molar-refractivity contribution is -0.152. The molecule has 1 amide bonds. The number of carbonyl (C=O) groups is 2. The van der Waals surface area contributed by atoms with Gasteiger partial charge in [-0.15, -0.1) is 0 Å². The molecular weight excluding hydrogens is 366 g/mol. The Morgan fingerprint density at radius 1 is 0.931 bits per heavy atom. The lowest BCUT2D eigenvalue weighted by Gasteiger charge is -2.16. The van der Waals surface area contributed by atoms with Crippen molar-refractivity contribution in [1.29, 1.82) is 0 Å². The van der Waals surface area contributed by atoms with Crippen LogP contribution in [0.5, 0.6) is 5.75 Å². The van der Waals surface area contributed by atoms with Crippen LogP contribution >= 0.6 is 0 Å². The van der Waals surface area contributed by atoms with E-state index in [2.05, 4.69) is 5.32 Å². The molecule has 0 heterocycles. The number of benzene rings is 3. The van der Waals surface area contributed by atoms with E-state index in [4.69, 9.17) is 9.47 Å². The van der Waals surface area contributed by atoms with Crippen LogP contribution < -0.4 is 10.1 Å². The molecule has 0 spiro atoms. The average molecular weight is 389 g/mol. The minimum atomic E-state index is -0.920. The van der Waals surface area contributed by atoms with Gasteiger partial charge in [0.25, 0.3) is 5.91 Å². The smallest absolute Gasteiger partial charge is 0.311 e. The third-order valence-electron chi connectivity index (χ3n) is 4.43. The first-order valence-electron chi connectivity index (χ1n) is 9.34. The van der Waals surface area contributed by atoms with Crippen molar-refractivity contribution in [3.63, 3.8) is 0 Å². The first kappa shape index (κ1) is 20.1. The van der Waals surface area contributed by atoms with Crippen molar-refractivity contribution in [1.82, 2.24) is 0 Å². The molecule has 0 aliphatic rings. The summed E-state index contributed by atoms with van der Waals surface area (Å²) >= 11 is 0. The Morgan fingerprint density at radius 2 is 1.66 bits per heavy atom. The SMILES string of the molecule is COc1cccc(CC(=O)O[C@@H](C)C(=O)Nc2ccccc2-c2ccccc2)c1. The second-order valence-electron chi connectivity index (χ2n) is 6.56. The predicted molar refractivity (Wildman–Crippen MR) is 113 cm³/mol. The van der Waals surface area contributed by atoms with Crippen LogP contribution in [-0.4, -0.2) is 25.1 Å². The van der Waals surface area contributed by atoms with Crippen molar-refractivity contribution in [3.05, 3.63) is 84.4 Å². The summed E-state index contributed by atoms with van der Waals surface area (Å²) in [7, 11) is 1.57. The Bertz CT molecular complexity index is 985. The number of methoxy groups -OCH3 is 1. The minimum absolute atomic E-state index is 0.0649. The highest BCUT2D eigenvalue weighted by atomic mass is 16.5. The Hall–Kier alpha value is -3.60. The largest absolute Gasteiger partial charge is 0.497 e. The van der Waals surface area contributed by atoms with Crippen molar-refractivity contribution in [2.24, 2.45) is 0 Å². The van der Waals surface area contributed by atoms with Gasteiger partial charge in [-0.3, -0.25) is 9.59 Å². The maximum atomic E-state index is 12.6. The lowest BCUT2D eigenvalue weighted by Crippen LogP contribution is -2.30. The van der Waals surface area contributed by atoms with Gasteiger partial charge in [0.05, 0.1) is 13.5 Å². The number of anilines is 1. The first-order chi connectivity index (χ1) is 14.1. The van der Waals surface area contributed by atoms with Gasteiger partial charge >= 0.3 is 5.97 Å². The summed E-state index contributed by atoms with van der Waals surface area (Å²) in [6.45, 7) is 1.56. The molecule has 0 fully saturated rings. The molecule has 0 radical (unpaired) electrons. The Balaban J connectivity index is 1.63. The monoisotopic (exact) mass is 389 g/mol. The minimum Gasteiger partial charge on any atom is -0.497 e. The Morgan fingerprint density at radius 3 is 2.41 bits per heavy atom. The molecule has 0 aliphatic heterocycles. The van der Waals surface area contributed by atoms with Crippen LogP contribution in [0.25, 0.3) is 11.1 Å². The van der Waals surface area contributed by atoms with E-state index in [1.54, 1.807) is 32.2 Å². The van der Waals surface area contributed by atoms with E-state index < -0.39 is 12.1 Å². The van der Waals surface area contributed by atoms with Gasteiger partial charge < -0.3 is 14.8 Å². The van der Waals surface area contributed by atoms with Gasteiger partial charge in [-0.05, 0) is 36.2 Å². The highest BCUT2D eigenvalue weighted by Gasteiger charge is 2.19. The average Bonchev–Trinajstić information content (AvgIpc) is 2.74. The molecule has 0 bridgehead atoms. The number of amides is 1. The number of carbonyl (C=O) groups excluding carboxylic acids is 2. The van der Waals surface area contributed by atoms with Crippen LogP contribution in [0.4, 0.5) is 5.69 Å². The number of hydrogen-bond donors (Lipinski definition) is 1. The number of hydrogen-bond acceptors (Lipinski definition) is 4. The van der Waals surface area contributed by atoms with Crippen molar-refractivity contribution in [3.8, 4) is 16.9 Å². The molecule has 5 heteroatoms. The molecule has 1 atom stereocenters. The molecule has 0 unspecified atom stereocenters. The molecule has 3 rings (SSSR count). The third kappa shape index (κ3) is 5.45. The van der Waals surface area contributed by atoms with Crippen LogP contribution in [0.15, 0.2) is 78.9 Å². The van der Waals surface area contributed by atoms with Crippen molar-refractivity contribution >= 4 is 17.6 Å². The molecule has 0 aromatic heterocycles. The van der Waals surface area contributed by atoms with Gasteiger partial charge in [0, 0.05) is 11.3 Å². The molecule has 29 heavy (non-hydrogen) atoms. The summed E-state index contributed by atoms with van der Waals surface area (Å²) in [6.07, 6.45) is -0.855. The zero-order valence-corrected chi connectivity index (χ0v) is 16.4. The van der Waals surface area contributed by atoms with Crippen LogP contribution in [-0.2, 0) is 20.7 Å². The van der Waals surface area contributed by atoms with E-state index in [1.165, 1.54) is 0 Å². The van der Waals surface area contributed by atoms with Crippen molar-refractivity contribution in [2.75, 3.05) is 12.4 Å². The van der Waals surface area contributed by atoms with E-state index in [1.807, 2.05) is 60.7 Å². The molecular formula is C24H23NO4. The number of ether oxygens (including phenoxy) is 2. The van der Waals surface area contributed by atoms with Gasteiger partial charge in [-0.2, -0.15) is 0 Å². The molecule has 148 valence electrons. The lowest BCUT2D eigenvalue weighted by atomic mass is 10.0. The van der Waals surface area contributed by atoms with Crippen LogP contribution in [0.2, 0.25) is 0 Å². The van der Waals surface area contributed by atoms with Crippen LogP contribution in [0, 0.1) is 0 Å². The van der Waals surface area contributed by atoms with Crippen LogP contribution in [0.1, 0.15) is 12.5 Å². The Kier molecular flexibility index (Phi) is 6.63. The number of nitrogens with one attached hydrogen (secondary N) is 1. The van der Waals surface area contributed by atoms with E-state index in [0.29, 0.717) is 11.4 Å². The van der Waals surface area contributed by atoms with E-state index in [0.717, 1.165) is 16.7 Å². The molecule has 0 aliphatic carbocycles. The quantitative estimate of drug-likeness (QED) is 0.606. The van der Waals surface area contributed by atoms with Crippen molar-refractivity contribution < 1.29 is 19.1 Å². The molecule has 3 aromatic carbocycles. The number of para-hydroxylation sites is 1. The van der Waals surface area contributed by atoms with Gasteiger partial charge in [-0.25, -0.2) is 0 Å². The van der Waals surface area contributed by atoms with Crippen LogP contribution in [0.3, 0.4) is 0 Å². The highest BCUT2D eigenvalue weighted by molar-refractivity contribution is 5.98. The molecule has 1 N–H and O–H groups in total. The fraction of sp³-hybridized carbons (Fsp3) is 0.167. The first-order valence-corrected chi connectivity index (χ1v) is 9.34. The van der Waals surface area contributed by atoms with Gasteiger partial charge in [-0.1, -0.05) is 60.7 Å². The molecule has 0 saturated carbocycles. The molecule has 5 nitrogen and oxygen atoms in total. The summed E-state index contributed by atoms with van der Waals surface area (Å²) in [5.74, 6) is -0.191. The normalized spacial score (nSPS) is 11.4. The van der Waals surface area contributed by atoms with Gasteiger partial charge in [0.15, 0.2) is 6.10 Å². The maximum absolute atomic E-state index is 12.6. The zero-order chi connectivity index (χ0) is 20.6. The number of rotatable bonds is 7. The van der Waals surface area contributed by atoms with Gasteiger partial charge in [0.2, 0.25) is 0 Å². The second kappa shape index (κ2) is 9.55. The predicted octanol–water partition coefficient (Wildman–Crippen LogP) is 4.48. The van der Waals surface area contributed by atoms with Crippen molar-refractivity contribution in [2.45, 2.75) is 19.4 Å². The van der Waals surface area contributed by atoms with E-state index in [-0.39, 0.29) is 12.3 Å². The summed E-state index contributed by atoms with van der Waals surface area (Å²) in [4.78, 5) is 24.8. The fourth-order valence-electron chi connectivity index (χ4n) is 2.94. The summed E-state index contributed by atoms with van der Waals surface area (Å²) in [5.41, 5.74) is 3.32. The van der Waals surface area contributed by atoms with E-state index >= 15 is 0 Å². The van der Waals surface area contributed by atoms with Gasteiger partial charge in [0.1, 0.15) is 5.75 Å². The third-order valence-corrected chi connectivity index (χ3v) is 4.43. The second-order valence-corrected chi connectivity index (χ2v) is 6.56. The number of esters is 1. The molecule has 0 saturated heterocycles. The zero-order valence-electron chi connectivity index (χ0n) is 16.4.